The van der Waals surface area contributed by atoms with E-state index >= 15 is 0 Å². The molecule has 0 fully saturated rings. The summed E-state index contributed by atoms with van der Waals surface area (Å²) < 4.78 is 13.7. The van der Waals surface area contributed by atoms with Crippen LogP contribution >= 0.6 is 0 Å². The lowest BCUT2D eigenvalue weighted by Gasteiger charge is -2.11. The summed E-state index contributed by atoms with van der Waals surface area (Å²) in [5.41, 5.74) is 7.83. The van der Waals surface area contributed by atoms with E-state index in [1.54, 1.807) is 37.3 Å². The van der Waals surface area contributed by atoms with Crippen LogP contribution in [0, 0.1) is 24.1 Å². The van der Waals surface area contributed by atoms with Gasteiger partial charge in [0.05, 0.1) is 11.6 Å². The molecule has 3 N–H and O–H groups in total. The maximum atomic E-state index is 13.7. The second-order valence-corrected chi connectivity index (χ2v) is 4.66. The fraction of sp³-hybridized carbons (Fsp3) is 0.125. The highest BCUT2D eigenvalue weighted by Crippen LogP contribution is 2.21. The number of halogens is 1. The van der Waals surface area contributed by atoms with Crippen LogP contribution in [0.25, 0.3) is 0 Å². The summed E-state index contributed by atoms with van der Waals surface area (Å²) in [7, 11) is 0. The number of nitrogens with one attached hydrogen (secondary N) is 1. The molecule has 0 bridgehead atoms. The van der Waals surface area contributed by atoms with Crippen LogP contribution in [0.15, 0.2) is 36.4 Å². The van der Waals surface area contributed by atoms with Crippen molar-refractivity contribution in [3.8, 4) is 6.07 Å². The predicted molar refractivity (Wildman–Crippen MR) is 78.1 cm³/mol. The van der Waals surface area contributed by atoms with E-state index in [1.165, 1.54) is 6.07 Å². The zero-order valence-electron chi connectivity index (χ0n) is 11.5. The highest BCUT2D eigenvalue weighted by Gasteiger charge is 2.07. The van der Waals surface area contributed by atoms with E-state index in [4.69, 9.17) is 11.0 Å². The predicted octanol–water partition coefficient (Wildman–Crippen LogP) is 2.72. The van der Waals surface area contributed by atoms with Crippen molar-refractivity contribution in [2.45, 2.75) is 13.5 Å². The Morgan fingerprint density at radius 3 is 2.57 bits per heavy atom. The molecule has 21 heavy (non-hydrogen) atoms. The summed E-state index contributed by atoms with van der Waals surface area (Å²) in [6.45, 7) is 2.10. The SMILES string of the molecule is Cc1c(F)cc(C#N)cc1NCc1ccc(C(N)=O)cc1. The molecule has 106 valence electrons. The van der Waals surface area contributed by atoms with Crippen molar-refractivity contribution >= 4 is 11.6 Å². The van der Waals surface area contributed by atoms with Gasteiger partial charge in [0.15, 0.2) is 0 Å². The second-order valence-electron chi connectivity index (χ2n) is 4.66. The number of hydrogen-bond donors (Lipinski definition) is 2. The molecule has 0 aliphatic rings. The van der Waals surface area contributed by atoms with Crippen LogP contribution in [0.4, 0.5) is 10.1 Å². The van der Waals surface area contributed by atoms with Gasteiger partial charge in [-0.1, -0.05) is 12.1 Å². The number of nitriles is 1. The minimum absolute atomic E-state index is 0.268. The lowest BCUT2D eigenvalue weighted by Crippen LogP contribution is -2.11. The van der Waals surface area contributed by atoms with Gasteiger partial charge in [0.1, 0.15) is 5.82 Å². The fourth-order valence-corrected chi connectivity index (χ4v) is 1.91. The molecule has 1 amide bonds. The molecule has 0 radical (unpaired) electrons. The van der Waals surface area contributed by atoms with E-state index in [0.29, 0.717) is 23.4 Å². The second kappa shape index (κ2) is 6.06. The van der Waals surface area contributed by atoms with Gasteiger partial charge < -0.3 is 11.1 Å². The third-order valence-corrected chi connectivity index (χ3v) is 3.19. The number of amides is 1. The molecule has 5 heteroatoms. The average molecular weight is 283 g/mol. The maximum Gasteiger partial charge on any atom is 0.248 e. The quantitative estimate of drug-likeness (QED) is 0.905. The smallest absolute Gasteiger partial charge is 0.248 e. The molecule has 0 aliphatic heterocycles. The Morgan fingerprint density at radius 1 is 1.33 bits per heavy atom. The Balaban J connectivity index is 2.15. The monoisotopic (exact) mass is 283 g/mol. The van der Waals surface area contributed by atoms with Crippen LogP contribution in [0.1, 0.15) is 27.0 Å². The summed E-state index contributed by atoms with van der Waals surface area (Å²) in [6, 6.07) is 11.6. The summed E-state index contributed by atoms with van der Waals surface area (Å²) in [5.74, 6) is -0.894. The van der Waals surface area contributed by atoms with Gasteiger partial charge in [-0.15, -0.1) is 0 Å². The zero-order valence-corrected chi connectivity index (χ0v) is 11.5. The first-order valence-corrected chi connectivity index (χ1v) is 6.34. The van der Waals surface area contributed by atoms with Gasteiger partial charge in [-0.3, -0.25) is 4.79 Å². The fourth-order valence-electron chi connectivity index (χ4n) is 1.91. The number of carbonyl (C=O) groups excluding carboxylic acids is 1. The molecule has 0 saturated carbocycles. The number of anilines is 1. The van der Waals surface area contributed by atoms with Crippen molar-refractivity contribution in [1.82, 2.24) is 0 Å². The van der Waals surface area contributed by atoms with Crippen LogP contribution in [0.2, 0.25) is 0 Å². The van der Waals surface area contributed by atoms with E-state index < -0.39 is 11.7 Å². The number of rotatable bonds is 4. The van der Waals surface area contributed by atoms with E-state index in [0.717, 1.165) is 5.56 Å². The Hall–Kier alpha value is -2.87. The molecule has 0 unspecified atom stereocenters. The van der Waals surface area contributed by atoms with Crippen molar-refractivity contribution in [2.75, 3.05) is 5.32 Å². The molecule has 0 aliphatic carbocycles. The standard InChI is InChI=1S/C16H14FN3O/c1-10-14(17)6-12(8-18)7-15(10)20-9-11-2-4-13(5-3-11)16(19)21/h2-7,20H,9H2,1H3,(H2,19,21). The normalized spacial score (nSPS) is 9.95. The van der Waals surface area contributed by atoms with Crippen molar-refractivity contribution < 1.29 is 9.18 Å². The van der Waals surface area contributed by atoms with Crippen LogP contribution < -0.4 is 11.1 Å². The topological polar surface area (TPSA) is 78.9 Å². The Morgan fingerprint density at radius 2 is 2.00 bits per heavy atom. The highest BCUT2D eigenvalue weighted by molar-refractivity contribution is 5.92. The van der Waals surface area contributed by atoms with Crippen molar-refractivity contribution in [1.29, 1.82) is 5.26 Å². The van der Waals surface area contributed by atoms with Crippen LogP contribution in [-0.2, 0) is 6.54 Å². The highest BCUT2D eigenvalue weighted by atomic mass is 19.1. The van der Waals surface area contributed by atoms with Gasteiger partial charge in [0.25, 0.3) is 0 Å². The maximum absolute atomic E-state index is 13.7. The molecule has 0 aromatic heterocycles. The number of carbonyl (C=O) groups is 1. The molecule has 2 aromatic rings. The first-order valence-electron chi connectivity index (χ1n) is 6.34. The summed E-state index contributed by atoms with van der Waals surface area (Å²) >= 11 is 0. The van der Waals surface area contributed by atoms with E-state index in [2.05, 4.69) is 5.32 Å². The van der Waals surface area contributed by atoms with Crippen molar-refractivity contribution in [2.24, 2.45) is 5.73 Å². The van der Waals surface area contributed by atoms with Gasteiger partial charge in [0.2, 0.25) is 5.91 Å². The minimum Gasteiger partial charge on any atom is -0.381 e. The third-order valence-electron chi connectivity index (χ3n) is 3.19. The number of primary amides is 1. The first-order chi connectivity index (χ1) is 10.0. The lowest BCUT2D eigenvalue weighted by atomic mass is 10.1. The third kappa shape index (κ3) is 3.37. The number of benzene rings is 2. The van der Waals surface area contributed by atoms with Crippen LogP contribution in [0.3, 0.4) is 0 Å². The van der Waals surface area contributed by atoms with Gasteiger partial charge in [0, 0.05) is 23.4 Å². The first kappa shape index (κ1) is 14.5. The molecular formula is C16H14FN3O. The van der Waals surface area contributed by atoms with Crippen molar-refractivity contribution in [3.05, 3.63) is 64.5 Å². The molecule has 2 aromatic carbocycles. The summed E-state index contributed by atoms with van der Waals surface area (Å²) in [5, 5.41) is 11.9. The van der Waals surface area contributed by atoms with Gasteiger partial charge in [-0.05, 0) is 36.8 Å². The molecular weight excluding hydrogens is 269 g/mol. The van der Waals surface area contributed by atoms with Gasteiger partial charge in [-0.2, -0.15) is 5.26 Å². The van der Waals surface area contributed by atoms with Crippen LogP contribution in [0.5, 0.6) is 0 Å². The van der Waals surface area contributed by atoms with Gasteiger partial charge in [-0.25, -0.2) is 4.39 Å². The molecule has 0 spiro atoms. The molecule has 4 nitrogen and oxygen atoms in total. The zero-order chi connectivity index (χ0) is 15.4. The van der Waals surface area contributed by atoms with E-state index in [1.807, 2.05) is 6.07 Å². The molecule has 0 heterocycles. The van der Waals surface area contributed by atoms with Crippen LogP contribution in [-0.4, -0.2) is 5.91 Å². The molecule has 0 atom stereocenters. The Bertz CT molecular complexity index is 718. The largest absolute Gasteiger partial charge is 0.381 e. The number of nitrogens with zero attached hydrogens (tertiary/aromatic N) is 1. The Kier molecular flexibility index (Phi) is 4.19. The van der Waals surface area contributed by atoms with Gasteiger partial charge >= 0.3 is 0 Å². The minimum atomic E-state index is -0.478. The molecule has 0 saturated heterocycles. The van der Waals surface area contributed by atoms with Crippen molar-refractivity contribution in [3.63, 3.8) is 0 Å². The van der Waals surface area contributed by atoms with E-state index in [9.17, 15) is 9.18 Å². The lowest BCUT2D eigenvalue weighted by molar-refractivity contribution is 0.100. The summed E-state index contributed by atoms with van der Waals surface area (Å²) in [4.78, 5) is 11.0. The average Bonchev–Trinajstić information content (AvgIpc) is 2.49. The Labute approximate surface area is 122 Å². The number of hydrogen-bond acceptors (Lipinski definition) is 3. The number of nitrogens with two attached hydrogens (primary N) is 1. The van der Waals surface area contributed by atoms with E-state index in [-0.39, 0.29) is 5.56 Å². The molecule has 2 rings (SSSR count). The summed E-state index contributed by atoms with van der Waals surface area (Å²) in [6.07, 6.45) is 0.